The second-order valence-corrected chi connectivity index (χ2v) is 9.20. The zero-order chi connectivity index (χ0) is 27.9. The highest BCUT2D eigenvalue weighted by molar-refractivity contribution is 5.81. The van der Waals surface area contributed by atoms with Crippen LogP contribution in [0.2, 0.25) is 0 Å². The lowest BCUT2D eigenvalue weighted by Crippen LogP contribution is -2.48. The van der Waals surface area contributed by atoms with E-state index in [9.17, 15) is 45.4 Å². The number of amides is 2. The van der Waals surface area contributed by atoms with Gasteiger partial charge in [-0.3, -0.25) is 4.79 Å². The number of alkyl halides is 6. The van der Waals surface area contributed by atoms with Crippen molar-refractivity contribution in [1.82, 2.24) is 9.80 Å². The topological polar surface area (TPSA) is 60.9 Å². The van der Waals surface area contributed by atoms with E-state index in [0.29, 0.717) is 23.3 Å². The van der Waals surface area contributed by atoms with Crippen molar-refractivity contribution in [3.8, 4) is 0 Å². The van der Waals surface area contributed by atoms with Crippen molar-refractivity contribution in [3.05, 3.63) is 70.0 Å². The highest BCUT2D eigenvalue weighted by Crippen LogP contribution is 2.40. The van der Waals surface area contributed by atoms with Gasteiger partial charge in [-0.2, -0.15) is 26.3 Å². The number of carbonyl (C=O) groups is 2. The van der Waals surface area contributed by atoms with Gasteiger partial charge in [-0.25, -0.2) is 9.18 Å². The van der Waals surface area contributed by atoms with E-state index in [-0.39, 0.29) is 31.1 Å². The van der Waals surface area contributed by atoms with Crippen LogP contribution < -0.4 is 0 Å². The Morgan fingerprint density at radius 1 is 1.03 bits per heavy atom. The fraction of sp³-hybridized carbons (Fsp3) is 0.440. The summed E-state index contributed by atoms with van der Waals surface area (Å²) in [7, 11) is 1.28. The molecule has 12 heteroatoms. The van der Waals surface area contributed by atoms with E-state index in [2.05, 4.69) is 0 Å². The average molecular weight is 534 g/mol. The Kier molecular flexibility index (Phi) is 7.80. The molecule has 5 nitrogen and oxygen atoms in total. The lowest BCUT2D eigenvalue weighted by atomic mass is 9.78. The molecule has 1 fully saturated rings. The maximum Gasteiger partial charge on any atom is 0.416 e. The van der Waals surface area contributed by atoms with Gasteiger partial charge in [0.1, 0.15) is 5.82 Å². The van der Waals surface area contributed by atoms with E-state index in [1.165, 1.54) is 32.2 Å². The number of aryl methyl sites for hydroxylation is 1. The summed E-state index contributed by atoms with van der Waals surface area (Å²) in [5.74, 6) is -2.62. The molecule has 37 heavy (non-hydrogen) atoms. The van der Waals surface area contributed by atoms with Crippen LogP contribution in [-0.4, -0.2) is 47.0 Å². The van der Waals surface area contributed by atoms with Gasteiger partial charge in [0.05, 0.1) is 17.2 Å². The Bertz CT molecular complexity index is 1150. The van der Waals surface area contributed by atoms with Crippen LogP contribution in [0.1, 0.15) is 53.1 Å². The number of likely N-dealkylation sites (tertiary alicyclic amines) is 1. The molecule has 3 rings (SSSR count). The van der Waals surface area contributed by atoms with E-state index in [0.717, 1.165) is 9.80 Å². The van der Waals surface area contributed by atoms with Crippen LogP contribution in [0.25, 0.3) is 0 Å². The summed E-state index contributed by atoms with van der Waals surface area (Å²) in [6.45, 7) is 2.85. The van der Waals surface area contributed by atoms with Crippen molar-refractivity contribution in [2.45, 2.75) is 44.6 Å². The van der Waals surface area contributed by atoms with E-state index in [4.69, 9.17) is 0 Å². The lowest BCUT2D eigenvalue weighted by molar-refractivity contribution is -0.143. The number of carboxylic acid groups (broad SMARTS) is 1. The van der Waals surface area contributed by atoms with Crippen molar-refractivity contribution in [2.75, 3.05) is 20.1 Å². The minimum absolute atomic E-state index is 0.00643. The number of hydrogen-bond acceptors (Lipinski definition) is 2. The third-order valence-electron chi connectivity index (χ3n) is 6.85. The van der Waals surface area contributed by atoms with Gasteiger partial charge < -0.3 is 14.9 Å². The molecule has 0 saturated carbocycles. The highest BCUT2D eigenvalue weighted by atomic mass is 19.4. The minimum Gasteiger partial charge on any atom is -0.465 e. The van der Waals surface area contributed by atoms with Crippen LogP contribution in [0.15, 0.2) is 36.4 Å². The van der Waals surface area contributed by atoms with E-state index >= 15 is 0 Å². The van der Waals surface area contributed by atoms with Gasteiger partial charge in [-0.1, -0.05) is 6.07 Å². The molecule has 1 aliphatic heterocycles. The Morgan fingerprint density at radius 3 is 2.08 bits per heavy atom. The molecule has 202 valence electrons. The van der Waals surface area contributed by atoms with E-state index in [1.54, 1.807) is 6.92 Å². The van der Waals surface area contributed by atoms with E-state index in [1.807, 2.05) is 0 Å². The molecular formula is C25H25F7N2O3. The molecule has 0 bridgehead atoms. The van der Waals surface area contributed by atoms with Crippen molar-refractivity contribution in [3.63, 3.8) is 0 Å². The van der Waals surface area contributed by atoms with Crippen molar-refractivity contribution >= 4 is 12.0 Å². The normalized spacial score (nSPS) is 19.5. The molecule has 3 atom stereocenters. The Hall–Kier alpha value is -3.31. The molecule has 2 amide bonds. The summed E-state index contributed by atoms with van der Waals surface area (Å²) in [5, 5.41) is 9.46. The Morgan fingerprint density at radius 2 is 1.59 bits per heavy atom. The first-order chi connectivity index (χ1) is 17.0. The van der Waals surface area contributed by atoms with Gasteiger partial charge in [0.15, 0.2) is 0 Å². The molecule has 0 spiro atoms. The van der Waals surface area contributed by atoms with Gasteiger partial charge in [0.25, 0.3) is 0 Å². The maximum absolute atomic E-state index is 13.7. The third kappa shape index (κ3) is 6.16. The largest absolute Gasteiger partial charge is 0.465 e. The fourth-order valence-corrected chi connectivity index (χ4v) is 4.69. The van der Waals surface area contributed by atoms with Crippen LogP contribution in [0.5, 0.6) is 0 Å². The molecular weight excluding hydrogens is 509 g/mol. The summed E-state index contributed by atoms with van der Waals surface area (Å²) in [6.07, 6.45) is -11.2. The lowest BCUT2D eigenvalue weighted by Gasteiger charge is -2.40. The van der Waals surface area contributed by atoms with Gasteiger partial charge in [0, 0.05) is 32.0 Å². The van der Waals surface area contributed by atoms with Crippen LogP contribution >= 0.6 is 0 Å². The van der Waals surface area contributed by atoms with Gasteiger partial charge in [-0.15, -0.1) is 0 Å². The molecule has 0 aliphatic carbocycles. The van der Waals surface area contributed by atoms with Gasteiger partial charge >= 0.3 is 18.4 Å². The SMILES string of the molecule is Cc1cc(F)ccc1[C@H]1CN(C(=O)O)CC[C@@H]1C(=O)N(C)[C@@H](C)c1cc(C(F)(F)F)cc(C(F)(F)F)c1. The summed E-state index contributed by atoms with van der Waals surface area (Å²) < 4.78 is 93.7. The van der Waals surface area contributed by atoms with Crippen LogP contribution in [0.3, 0.4) is 0 Å². The molecule has 2 aromatic rings. The van der Waals surface area contributed by atoms with E-state index < -0.39 is 59.2 Å². The number of hydrogen-bond donors (Lipinski definition) is 1. The zero-order valence-corrected chi connectivity index (χ0v) is 20.1. The van der Waals surface area contributed by atoms with Crippen molar-refractivity contribution in [1.29, 1.82) is 0 Å². The minimum atomic E-state index is -5.03. The first-order valence-electron chi connectivity index (χ1n) is 11.3. The second kappa shape index (κ2) is 10.2. The number of nitrogens with zero attached hydrogens (tertiary/aromatic N) is 2. The van der Waals surface area contributed by atoms with Crippen LogP contribution in [-0.2, 0) is 17.1 Å². The smallest absolute Gasteiger partial charge is 0.416 e. The van der Waals surface area contributed by atoms with Gasteiger partial charge in [-0.05, 0) is 67.3 Å². The fourth-order valence-electron chi connectivity index (χ4n) is 4.69. The Labute approximate surface area is 208 Å². The summed E-state index contributed by atoms with van der Waals surface area (Å²) in [4.78, 5) is 27.3. The molecule has 1 aliphatic rings. The zero-order valence-electron chi connectivity index (χ0n) is 20.1. The average Bonchev–Trinajstić information content (AvgIpc) is 2.81. The highest BCUT2D eigenvalue weighted by Gasteiger charge is 2.41. The standard InChI is InChI=1S/C25H25F7N2O3/c1-13-8-18(26)4-5-19(13)21-12-34(23(36)37)7-6-20(21)22(35)33(3)14(2)15-9-16(24(27,28)29)11-17(10-15)25(30,31)32/h4-5,8-11,14,20-21H,6-7,12H2,1-3H3,(H,36,37)/t14-,20-,21+/m0/s1. The molecule has 0 radical (unpaired) electrons. The molecule has 1 heterocycles. The number of piperidine rings is 1. The van der Waals surface area contributed by atoms with Crippen molar-refractivity contribution < 1.29 is 45.4 Å². The second-order valence-electron chi connectivity index (χ2n) is 9.20. The predicted molar refractivity (Wildman–Crippen MR) is 119 cm³/mol. The van der Waals surface area contributed by atoms with Crippen molar-refractivity contribution in [2.24, 2.45) is 5.92 Å². The van der Waals surface area contributed by atoms with Crippen LogP contribution in [0.4, 0.5) is 35.5 Å². The molecule has 1 N–H and O–H groups in total. The Balaban J connectivity index is 1.98. The van der Waals surface area contributed by atoms with Crippen LogP contribution in [0, 0.1) is 18.7 Å². The first kappa shape index (κ1) is 28.3. The summed E-state index contributed by atoms with van der Waals surface area (Å²) in [5.41, 5.74) is -2.31. The molecule has 0 aromatic heterocycles. The third-order valence-corrected chi connectivity index (χ3v) is 6.85. The van der Waals surface area contributed by atoms with Gasteiger partial charge in [0.2, 0.25) is 5.91 Å². The first-order valence-corrected chi connectivity index (χ1v) is 11.3. The monoisotopic (exact) mass is 534 g/mol. The number of benzene rings is 2. The summed E-state index contributed by atoms with van der Waals surface area (Å²) in [6, 6.07) is 3.89. The summed E-state index contributed by atoms with van der Waals surface area (Å²) >= 11 is 0. The molecule has 1 saturated heterocycles. The quantitative estimate of drug-likeness (QED) is 0.457. The maximum atomic E-state index is 13.7. The number of halogens is 7. The number of carbonyl (C=O) groups excluding carboxylic acids is 1. The molecule has 2 aromatic carbocycles. The molecule has 0 unspecified atom stereocenters. The predicted octanol–water partition coefficient (Wildman–Crippen LogP) is 6.47. The number of rotatable bonds is 4.